The van der Waals surface area contributed by atoms with Gasteiger partial charge < -0.3 is 10.2 Å². The Kier molecular flexibility index (Phi) is 7.76. The fourth-order valence-corrected chi connectivity index (χ4v) is 4.41. The molecule has 1 aliphatic heterocycles. The minimum Gasteiger partial charge on any atom is -0.338 e. The number of nitrogens with zero attached hydrogens (tertiary/aromatic N) is 1. The van der Waals surface area contributed by atoms with Crippen LogP contribution >= 0.6 is 0 Å². The fraction of sp³-hybridized carbons (Fsp3) is 0.556. The van der Waals surface area contributed by atoms with Crippen LogP contribution in [0.2, 0.25) is 0 Å². The van der Waals surface area contributed by atoms with Crippen LogP contribution in [-0.2, 0) is 20.6 Å². The zero-order valence-corrected chi connectivity index (χ0v) is 16.7. The van der Waals surface area contributed by atoms with E-state index >= 15 is 0 Å². The molecular formula is C18H29N4O4S+. The highest BCUT2D eigenvalue weighted by Crippen LogP contribution is 2.10. The van der Waals surface area contributed by atoms with Crippen molar-refractivity contribution in [3.63, 3.8) is 0 Å². The molecule has 8 nitrogen and oxygen atoms in total. The van der Waals surface area contributed by atoms with E-state index in [2.05, 4.69) is 10.6 Å². The number of sulfonamides is 1. The first-order valence-corrected chi connectivity index (χ1v) is 10.8. The van der Waals surface area contributed by atoms with Crippen LogP contribution in [0.1, 0.15) is 19.4 Å². The number of imide groups is 1. The molecule has 1 aromatic carbocycles. The van der Waals surface area contributed by atoms with Crippen LogP contribution in [0.3, 0.4) is 0 Å². The third kappa shape index (κ3) is 7.28. The molecule has 0 aromatic heterocycles. The van der Waals surface area contributed by atoms with E-state index in [1.165, 1.54) is 4.31 Å². The number of nitrogens with one attached hydrogen (secondary N) is 3. The molecule has 3 N–H and O–H groups in total. The molecule has 1 aromatic rings. The first-order valence-electron chi connectivity index (χ1n) is 9.19. The van der Waals surface area contributed by atoms with Crippen LogP contribution in [0.4, 0.5) is 4.79 Å². The molecule has 9 heteroatoms. The lowest BCUT2D eigenvalue weighted by molar-refractivity contribution is -0.895. The smallest absolute Gasteiger partial charge is 0.321 e. The number of rotatable bonds is 7. The van der Waals surface area contributed by atoms with E-state index in [1.807, 2.05) is 32.0 Å². The van der Waals surface area contributed by atoms with Gasteiger partial charge in [-0.3, -0.25) is 10.1 Å². The van der Waals surface area contributed by atoms with E-state index in [1.54, 1.807) is 12.1 Å². The van der Waals surface area contributed by atoms with Gasteiger partial charge in [-0.2, -0.15) is 4.31 Å². The summed E-state index contributed by atoms with van der Waals surface area (Å²) in [5.41, 5.74) is 0.763. The van der Waals surface area contributed by atoms with Gasteiger partial charge in [0, 0.05) is 6.54 Å². The topological polar surface area (TPSA) is 100 Å². The molecule has 0 atom stereocenters. The second-order valence-corrected chi connectivity index (χ2v) is 9.19. The molecule has 1 aliphatic rings. The van der Waals surface area contributed by atoms with Crippen LogP contribution in [0, 0.1) is 5.92 Å². The zero-order valence-electron chi connectivity index (χ0n) is 15.9. The summed E-state index contributed by atoms with van der Waals surface area (Å²) in [5.74, 6) is -0.0612. The molecule has 0 radical (unpaired) electrons. The number of quaternary nitrogens is 1. The van der Waals surface area contributed by atoms with Crippen molar-refractivity contribution < 1.29 is 22.9 Å². The number of hydrogen-bond acceptors (Lipinski definition) is 4. The number of amides is 3. The van der Waals surface area contributed by atoms with Gasteiger partial charge in [0.05, 0.1) is 31.9 Å². The Bertz CT molecular complexity index is 729. The summed E-state index contributed by atoms with van der Waals surface area (Å²) in [7, 11) is -3.37. The molecule has 1 heterocycles. The van der Waals surface area contributed by atoms with Gasteiger partial charge in [0.1, 0.15) is 0 Å². The van der Waals surface area contributed by atoms with Crippen molar-refractivity contribution in [1.29, 1.82) is 0 Å². The average Bonchev–Trinajstić information content (AvgIpc) is 2.61. The van der Waals surface area contributed by atoms with Crippen molar-refractivity contribution in [2.75, 3.05) is 39.3 Å². The Hall–Kier alpha value is -1.97. The highest BCUT2D eigenvalue weighted by molar-refractivity contribution is 7.88. The van der Waals surface area contributed by atoms with E-state index in [-0.39, 0.29) is 18.2 Å². The van der Waals surface area contributed by atoms with Gasteiger partial charge in [0.25, 0.3) is 5.91 Å². The Morgan fingerprint density at radius 1 is 1.15 bits per heavy atom. The maximum Gasteiger partial charge on any atom is 0.321 e. The number of carbonyl (C=O) groups excluding carboxylic acids is 2. The number of piperazine rings is 1. The van der Waals surface area contributed by atoms with E-state index in [0.29, 0.717) is 38.6 Å². The van der Waals surface area contributed by atoms with Gasteiger partial charge in [-0.05, 0) is 11.5 Å². The Balaban J connectivity index is 1.76. The zero-order chi connectivity index (χ0) is 19.9. The second-order valence-electron chi connectivity index (χ2n) is 7.22. The van der Waals surface area contributed by atoms with Gasteiger partial charge in [0.15, 0.2) is 6.54 Å². The molecule has 1 fully saturated rings. The average molecular weight is 398 g/mol. The lowest BCUT2D eigenvalue weighted by atomic mass is 10.2. The van der Waals surface area contributed by atoms with Crippen molar-refractivity contribution in [3.8, 4) is 0 Å². The fourth-order valence-electron chi connectivity index (χ4n) is 2.87. The van der Waals surface area contributed by atoms with E-state index < -0.39 is 16.1 Å². The van der Waals surface area contributed by atoms with Crippen LogP contribution in [0.25, 0.3) is 0 Å². The third-order valence-electron chi connectivity index (χ3n) is 4.35. The van der Waals surface area contributed by atoms with Gasteiger partial charge >= 0.3 is 6.03 Å². The Labute approximate surface area is 161 Å². The first-order chi connectivity index (χ1) is 12.8. The molecule has 1 saturated heterocycles. The van der Waals surface area contributed by atoms with Gasteiger partial charge in [-0.25, -0.2) is 13.2 Å². The Morgan fingerprint density at radius 3 is 2.37 bits per heavy atom. The van der Waals surface area contributed by atoms with Gasteiger partial charge in [0.2, 0.25) is 10.0 Å². The normalized spacial score (nSPS) is 16.3. The lowest BCUT2D eigenvalue weighted by Crippen LogP contribution is -3.15. The van der Waals surface area contributed by atoms with Gasteiger partial charge in [-0.15, -0.1) is 0 Å². The summed E-state index contributed by atoms with van der Waals surface area (Å²) in [6, 6.07) is 8.61. The maximum atomic E-state index is 12.5. The maximum absolute atomic E-state index is 12.5. The molecule has 0 unspecified atom stereocenters. The Morgan fingerprint density at radius 2 is 1.78 bits per heavy atom. The summed E-state index contributed by atoms with van der Waals surface area (Å²) in [6.07, 6.45) is 0. The predicted molar refractivity (Wildman–Crippen MR) is 103 cm³/mol. The van der Waals surface area contributed by atoms with Crippen molar-refractivity contribution in [3.05, 3.63) is 35.9 Å². The number of hydrogen-bond donors (Lipinski definition) is 3. The summed E-state index contributed by atoms with van der Waals surface area (Å²) in [4.78, 5) is 24.5. The minimum atomic E-state index is -3.37. The molecule has 0 bridgehead atoms. The highest BCUT2D eigenvalue weighted by atomic mass is 32.2. The number of benzene rings is 1. The summed E-state index contributed by atoms with van der Waals surface area (Å²) < 4.78 is 26.6. The minimum absolute atomic E-state index is 0.0142. The van der Waals surface area contributed by atoms with E-state index in [4.69, 9.17) is 0 Å². The van der Waals surface area contributed by atoms with Crippen molar-refractivity contribution in [1.82, 2.24) is 14.9 Å². The van der Waals surface area contributed by atoms with Crippen molar-refractivity contribution in [2.45, 2.75) is 19.6 Å². The summed E-state index contributed by atoms with van der Waals surface area (Å²) in [6.45, 7) is 6.42. The molecule has 2 rings (SSSR count). The van der Waals surface area contributed by atoms with Crippen LogP contribution < -0.4 is 15.5 Å². The molecule has 150 valence electrons. The van der Waals surface area contributed by atoms with Crippen LogP contribution in [-0.4, -0.2) is 63.9 Å². The van der Waals surface area contributed by atoms with Crippen LogP contribution in [0.5, 0.6) is 0 Å². The molecular weight excluding hydrogens is 368 g/mol. The highest BCUT2D eigenvalue weighted by Gasteiger charge is 2.30. The van der Waals surface area contributed by atoms with Gasteiger partial charge in [-0.1, -0.05) is 44.2 Å². The monoisotopic (exact) mass is 397 g/mol. The quantitative estimate of drug-likeness (QED) is 0.561. The molecule has 0 aliphatic carbocycles. The van der Waals surface area contributed by atoms with E-state index in [0.717, 1.165) is 10.5 Å². The molecule has 27 heavy (non-hydrogen) atoms. The predicted octanol–water partition coefficient (Wildman–Crippen LogP) is -0.801. The largest absolute Gasteiger partial charge is 0.338 e. The van der Waals surface area contributed by atoms with Crippen molar-refractivity contribution >= 4 is 22.0 Å². The van der Waals surface area contributed by atoms with E-state index in [9.17, 15) is 18.0 Å². The molecule has 0 spiro atoms. The molecule has 3 amide bonds. The van der Waals surface area contributed by atoms with Crippen molar-refractivity contribution in [2.24, 2.45) is 5.92 Å². The lowest BCUT2D eigenvalue weighted by Gasteiger charge is -2.31. The number of carbonyl (C=O) groups is 2. The molecule has 0 saturated carbocycles. The van der Waals surface area contributed by atoms with Crippen LogP contribution in [0.15, 0.2) is 30.3 Å². The standard InChI is InChI=1S/C18H28N4O4S/c1-15(2)12-19-18(24)20-17(23)13-21-8-10-22(11-9-21)27(25,26)14-16-6-4-3-5-7-16/h3-7,15H,8-14H2,1-2H3,(H2,19,20,23,24)/p+1. The summed E-state index contributed by atoms with van der Waals surface area (Å²) in [5, 5.41) is 4.95. The number of urea groups is 1. The summed E-state index contributed by atoms with van der Waals surface area (Å²) >= 11 is 0. The second kappa shape index (κ2) is 9.82. The third-order valence-corrected chi connectivity index (χ3v) is 6.20. The first kappa shape index (κ1) is 21.3. The SMILES string of the molecule is CC(C)CNC(=O)NC(=O)C[NH+]1CCN(S(=O)(=O)Cc2ccccc2)CC1.